The Hall–Kier alpha value is -2.89. The molecule has 0 unspecified atom stereocenters. The molecule has 1 amide bonds. The number of rotatable bonds is 7. The molecule has 9 nitrogen and oxygen atoms in total. The van der Waals surface area contributed by atoms with Crippen LogP contribution in [0.25, 0.3) is 5.69 Å². The van der Waals surface area contributed by atoms with E-state index in [0.29, 0.717) is 11.5 Å². The number of nitrogens with zero attached hydrogens (tertiary/aromatic N) is 5. The second-order valence-corrected chi connectivity index (χ2v) is 8.83. The lowest BCUT2D eigenvalue weighted by Crippen LogP contribution is -2.30. The summed E-state index contributed by atoms with van der Waals surface area (Å²) < 4.78 is 42.5. The second kappa shape index (κ2) is 9.08. The maximum Gasteiger partial charge on any atom is 0.257 e. The van der Waals surface area contributed by atoms with Crippen LogP contribution < -0.4 is 5.32 Å². The molecular weight excluding hydrogens is 447 g/mol. The molecule has 3 aromatic rings. The van der Waals surface area contributed by atoms with E-state index in [-0.39, 0.29) is 34.3 Å². The number of sulfonamides is 1. The molecule has 31 heavy (non-hydrogen) atoms. The first kappa shape index (κ1) is 22.8. The highest BCUT2D eigenvalue weighted by molar-refractivity contribution is 7.89. The van der Waals surface area contributed by atoms with Crippen LogP contribution in [0.3, 0.4) is 0 Å². The molecule has 1 aromatic heterocycles. The van der Waals surface area contributed by atoms with Crippen LogP contribution in [0.2, 0.25) is 5.02 Å². The van der Waals surface area contributed by atoms with Crippen LogP contribution in [-0.4, -0.2) is 51.9 Å². The van der Waals surface area contributed by atoms with Gasteiger partial charge >= 0.3 is 0 Å². The molecule has 0 bridgehead atoms. The highest BCUT2D eigenvalue weighted by atomic mass is 35.5. The molecule has 0 atom stereocenters. The van der Waals surface area contributed by atoms with Crippen LogP contribution >= 0.6 is 11.6 Å². The largest absolute Gasteiger partial charge is 0.319 e. The lowest BCUT2D eigenvalue weighted by molar-refractivity contribution is 0.102. The number of hydrogen-bond acceptors (Lipinski definition) is 6. The predicted molar refractivity (Wildman–Crippen MR) is 113 cm³/mol. The third-order valence-corrected chi connectivity index (χ3v) is 6.97. The molecule has 164 valence electrons. The maximum atomic E-state index is 14.3. The van der Waals surface area contributed by atoms with Gasteiger partial charge in [0, 0.05) is 13.1 Å². The van der Waals surface area contributed by atoms with Crippen LogP contribution in [0.4, 0.5) is 10.1 Å². The van der Waals surface area contributed by atoms with Crippen LogP contribution in [-0.2, 0) is 10.0 Å². The molecule has 1 heterocycles. The molecule has 2 aromatic carbocycles. The van der Waals surface area contributed by atoms with Gasteiger partial charge in [-0.3, -0.25) is 4.79 Å². The summed E-state index contributed by atoms with van der Waals surface area (Å²) in [6.45, 7) is 5.65. The number of carbonyl (C=O) groups is 1. The van der Waals surface area contributed by atoms with Gasteiger partial charge in [-0.15, -0.1) is 5.10 Å². The zero-order chi connectivity index (χ0) is 22.8. The van der Waals surface area contributed by atoms with Gasteiger partial charge in [0.2, 0.25) is 10.0 Å². The lowest BCUT2D eigenvalue weighted by Gasteiger charge is -2.19. The van der Waals surface area contributed by atoms with Gasteiger partial charge in [0.05, 0.1) is 26.9 Å². The van der Waals surface area contributed by atoms with Gasteiger partial charge in [0.15, 0.2) is 5.82 Å². The van der Waals surface area contributed by atoms with Crippen molar-refractivity contribution in [1.29, 1.82) is 0 Å². The second-order valence-electron chi connectivity index (χ2n) is 6.49. The molecule has 1 N–H and O–H groups in total. The molecule has 0 aliphatic rings. The zero-order valence-electron chi connectivity index (χ0n) is 17.0. The van der Waals surface area contributed by atoms with Crippen molar-refractivity contribution in [1.82, 2.24) is 24.5 Å². The minimum absolute atomic E-state index is 0.0314. The van der Waals surface area contributed by atoms with Gasteiger partial charge in [-0.2, -0.15) is 8.99 Å². The summed E-state index contributed by atoms with van der Waals surface area (Å²) in [6.07, 6.45) is 0. The van der Waals surface area contributed by atoms with Gasteiger partial charge in [-0.1, -0.05) is 25.4 Å². The number of benzene rings is 2. The van der Waals surface area contributed by atoms with Crippen molar-refractivity contribution in [2.24, 2.45) is 0 Å². The standard InChI is InChI=1S/C19H20ClFN6O3S/c1-4-26(5-2)31(29,30)14-7-8-16(20)15(11-14)19(28)22-18-10-13(6-9-17(18)21)27-12(3)23-24-25-27/h6-11H,4-5H2,1-3H3,(H,22,28). The Kier molecular flexibility index (Phi) is 6.68. The van der Waals surface area contributed by atoms with Gasteiger partial charge in [-0.25, -0.2) is 12.8 Å². The molecule has 12 heteroatoms. The number of carbonyl (C=O) groups excluding carboxylic acids is 1. The van der Waals surface area contributed by atoms with Crippen LogP contribution in [0, 0.1) is 12.7 Å². The van der Waals surface area contributed by atoms with Crippen molar-refractivity contribution >= 4 is 33.2 Å². The van der Waals surface area contributed by atoms with E-state index in [1.807, 2.05) is 0 Å². The first-order chi connectivity index (χ1) is 14.7. The van der Waals surface area contributed by atoms with Crippen molar-refractivity contribution in [3.63, 3.8) is 0 Å². The number of halogens is 2. The van der Waals surface area contributed by atoms with Crippen molar-refractivity contribution in [3.05, 3.63) is 58.6 Å². The topological polar surface area (TPSA) is 110 Å². The first-order valence-corrected chi connectivity index (χ1v) is 11.2. The van der Waals surface area contributed by atoms with E-state index in [2.05, 4.69) is 20.8 Å². The van der Waals surface area contributed by atoms with Crippen LogP contribution in [0.1, 0.15) is 30.0 Å². The van der Waals surface area contributed by atoms with E-state index in [0.717, 1.165) is 6.07 Å². The average molecular weight is 467 g/mol. The van der Waals surface area contributed by atoms with Crippen molar-refractivity contribution in [3.8, 4) is 5.69 Å². The Morgan fingerprint density at radius 2 is 1.90 bits per heavy atom. The minimum atomic E-state index is -3.80. The summed E-state index contributed by atoms with van der Waals surface area (Å²) in [7, 11) is -3.80. The highest BCUT2D eigenvalue weighted by Crippen LogP contribution is 2.25. The van der Waals surface area contributed by atoms with Gasteiger partial charge in [0.25, 0.3) is 5.91 Å². The SMILES string of the molecule is CCN(CC)S(=O)(=O)c1ccc(Cl)c(C(=O)Nc2cc(-n3nnnc3C)ccc2F)c1. The third-order valence-electron chi connectivity index (χ3n) is 4.59. The van der Waals surface area contributed by atoms with Crippen LogP contribution in [0.5, 0.6) is 0 Å². The molecule has 0 fully saturated rings. The van der Waals surface area contributed by atoms with Crippen molar-refractivity contribution in [2.75, 3.05) is 18.4 Å². The third kappa shape index (κ3) is 4.58. The van der Waals surface area contributed by atoms with Gasteiger partial charge < -0.3 is 5.32 Å². The molecular formula is C19H20ClFN6O3S. The predicted octanol–water partition coefficient (Wildman–Crippen LogP) is 3.05. The molecule has 0 radical (unpaired) electrons. The van der Waals surface area contributed by atoms with Crippen LogP contribution in [0.15, 0.2) is 41.3 Å². The van der Waals surface area contributed by atoms with E-state index in [4.69, 9.17) is 11.6 Å². The van der Waals surface area contributed by atoms with E-state index in [1.54, 1.807) is 20.8 Å². The average Bonchev–Trinajstić information content (AvgIpc) is 3.16. The number of aryl methyl sites for hydroxylation is 1. The zero-order valence-corrected chi connectivity index (χ0v) is 18.6. The minimum Gasteiger partial charge on any atom is -0.319 e. The Bertz CT molecular complexity index is 1230. The van der Waals surface area contributed by atoms with Gasteiger partial charge in [0.1, 0.15) is 5.82 Å². The van der Waals surface area contributed by atoms with Gasteiger partial charge in [-0.05, 0) is 53.7 Å². The normalized spacial score (nSPS) is 11.7. The maximum absolute atomic E-state index is 14.3. The number of anilines is 1. The highest BCUT2D eigenvalue weighted by Gasteiger charge is 2.24. The number of hydrogen-bond donors (Lipinski definition) is 1. The number of nitrogens with one attached hydrogen (secondary N) is 1. The summed E-state index contributed by atoms with van der Waals surface area (Å²) in [5.41, 5.74) is 0.201. The molecule has 3 rings (SSSR count). The summed E-state index contributed by atoms with van der Waals surface area (Å²) in [5.74, 6) is -0.974. The fourth-order valence-corrected chi connectivity index (χ4v) is 4.64. The Morgan fingerprint density at radius 3 is 2.52 bits per heavy atom. The van der Waals surface area contributed by atoms with Crippen molar-refractivity contribution in [2.45, 2.75) is 25.7 Å². The van der Waals surface area contributed by atoms with Crippen molar-refractivity contribution < 1.29 is 17.6 Å². The smallest absolute Gasteiger partial charge is 0.257 e. The van der Waals surface area contributed by atoms with E-state index < -0.39 is 21.7 Å². The Balaban J connectivity index is 1.95. The first-order valence-electron chi connectivity index (χ1n) is 9.35. The monoisotopic (exact) mass is 466 g/mol. The number of aromatic nitrogens is 4. The Labute approximate surface area is 183 Å². The quantitative estimate of drug-likeness (QED) is 0.573. The van der Waals surface area contributed by atoms with E-state index in [9.17, 15) is 17.6 Å². The summed E-state index contributed by atoms with van der Waals surface area (Å²) in [5, 5.41) is 13.6. The molecule has 0 spiro atoms. The summed E-state index contributed by atoms with van der Waals surface area (Å²) >= 11 is 6.13. The fourth-order valence-electron chi connectivity index (χ4n) is 2.95. The summed E-state index contributed by atoms with van der Waals surface area (Å²) in [4.78, 5) is 12.7. The van der Waals surface area contributed by atoms with E-state index >= 15 is 0 Å². The number of tetrazole rings is 1. The lowest BCUT2D eigenvalue weighted by atomic mass is 10.2. The molecule has 0 saturated heterocycles. The Morgan fingerprint density at radius 1 is 1.19 bits per heavy atom. The fraction of sp³-hybridized carbons (Fsp3) is 0.263. The molecule has 0 saturated carbocycles. The molecule has 0 aliphatic carbocycles. The summed E-state index contributed by atoms with van der Waals surface area (Å²) in [6, 6.07) is 7.81. The molecule has 0 aliphatic heterocycles. The number of amides is 1. The van der Waals surface area contributed by atoms with E-state index in [1.165, 1.54) is 39.3 Å².